The van der Waals surface area contributed by atoms with Gasteiger partial charge >= 0.3 is 11.9 Å². The second-order valence-electron chi connectivity index (χ2n) is 4.61. The zero-order valence-electron chi connectivity index (χ0n) is 15.8. The molecule has 0 saturated carbocycles. The van der Waals surface area contributed by atoms with Crippen molar-refractivity contribution in [3.63, 3.8) is 0 Å². The van der Waals surface area contributed by atoms with E-state index in [1.165, 1.54) is 20.3 Å². The summed E-state index contributed by atoms with van der Waals surface area (Å²) in [5.41, 5.74) is 2.21. The van der Waals surface area contributed by atoms with E-state index in [-0.39, 0.29) is 12.6 Å². The van der Waals surface area contributed by atoms with Gasteiger partial charge in [0.05, 0.1) is 5.69 Å². The van der Waals surface area contributed by atoms with E-state index in [1.54, 1.807) is 13.1 Å². The SMILES string of the molecule is CC.CCC.CCc1cnc(C)c(OC(C)=O)c1COC(C)=O. The summed E-state index contributed by atoms with van der Waals surface area (Å²) in [4.78, 5) is 26.2. The second-order valence-corrected chi connectivity index (χ2v) is 4.61. The van der Waals surface area contributed by atoms with E-state index in [9.17, 15) is 9.59 Å². The van der Waals surface area contributed by atoms with Gasteiger partial charge in [0.2, 0.25) is 0 Å². The number of aromatic nitrogens is 1. The molecule has 23 heavy (non-hydrogen) atoms. The van der Waals surface area contributed by atoms with Crippen LogP contribution in [0.2, 0.25) is 0 Å². The fourth-order valence-electron chi connectivity index (χ4n) is 1.59. The van der Waals surface area contributed by atoms with Crippen molar-refractivity contribution in [2.75, 3.05) is 0 Å². The van der Waals surface area contributed by atoms with Crippen LogP contribution in [0.4, 0.5) is 0 Å². The first-order valence-electron chi connectivity index (χ1n) is 8.16. The fraction of sp³-hybridized carbons (Fsp3) is 0.611. The Morgan fingerprint density at radius 3 is 2.00 bits per heavy atom. The summed E-state index contributed by atoms with van der Waals surface area (Å²) < 4.78 is 10.1. The maximum absolute atomic E-state index is 11.1. The highest BCUT2D eigenvalue weighted by atomic mass is 16.5. The Bertz CT molecular complexity index is 484. The number of esters is 2. The Hall–Kier alpha value is -1.91. The van der Waals surface area contributed by atoms with Crippen LogP contribution in [0.5, 0.6) is 5.75 Å². The van der Waals surface area contributed by atoms with Crippen LogP contribution in [0.1, 0.15) is 71.7 Å². The summed E-state index contributed by atoms with van der Waals surface area (Å²) in [5.74, 6) is -0.402. The molecule has 0 aliphatic heterocycles. The zero-order chi connectivity index (χ0) is 18.4. The molecule has 1 aromatic heterocycles. The number of carbonyl (C=O) groups is 2. The molecule has 0 bridgehead atoms. The predicted octanol–water partition coefficient (Wildman–Crippen LogP) is 4.38. The van der Waals surface area contributed by atoms with Crippen molar-refractivity contribution in [3.05, 3.63) is 23.0 Å². The lowest BCUT2D eigenvalue weighted by atomic mass is 10.1. The molecule has 1 heterocycles. The molecule has 0 radical (unpaired) electrons. The number of aryl methyl sites for hydroxylation is 2. The van der Waals surface area contributed by atoms with E-state index in [0.29, 0.717) is 17.0 Å². The third-order valence-electron chi connectivity index (χ3n) is 2.45. The quantitative estimate of drug-likeness (QED) is 0.768. The Morgan fingerprint density at radius 2 is 1.61 bits per heavy atom. The minimum absolute atomic E-state index is 0.0878. The van der Waals surface area contributed by atoms with Crippen molar-refractivity contribution in [2.24, 2.45) is 0 Å². The first-order chi connectivity index (χ1) is 10.9. The van der Waals surface area contributed by atoms with Gasteiger partial charge in [0.15, 0.2) is 5.75 Å². The molecule has 132 valence electrons. The van der Waals surface area contributed by atoms with Crippen molar-refractivity contribution in [1.29, 1.82) is 0 Å². The lowest BCUT2D eigenvalue weighted by Gasteiger charge is -2.14. The Kier molecular flexibility index (Phi) is 13.9. The first kappa shape index (κ1) is 23.4. The van der Waals surface area contributed by atoms with Gasteiger partial charge in [0, 0.05) is 25.6 Å². The standard InChI is InChI=1S/C13H17NO4.C3H8.C2H6/c1-5-11-6-14-8(2)13(18-10(4)16)12(11)7-17-9(3)15;1-3-2;1-2/h6H,5,7H2,1-4H3;3H2,1-2H3;1-2H3. The molecule has 0 aliphatic rings. The van der Waals surface area contributed by atoms with E-state index in [4.69, 9.17) is 9.47 Å². The molecule has 0 aliphatic carbocycles. The highest BCUT2D eigenvalue weighted by Crippen LogP contribution is 2.26. The predicted molar refractivity (Wildman–Crippen MR) is 92.4 cm³/mol. The third kappa shape index (κ3) is 9.66. The number of hydrogen-bond acceptors (Lipinski definition) is 5. The van der Waals surface area contributed by atoms with Gasteiger partial charge in [-0.2, -0.15) is 0 Å². The van der Waals surface area contributed by atoms with Gasteiger partial charge in [-0.05, 0) is 18.9 Å². The summed E-state index contributed by atoms with van der Waals surface area (Å²) in [5, 5.41) is 0. The molecule has 5 heteroatoms. The molecule has 1 rings (SSSR count). The summed E-state index contributed by atoms with van der Waals surface area (Å²) in [6, 6.07) is 0. The topological polar surface area (TPSA) is 65.5 Å². The van der Waals surface area contributed by atoms with E-state index >= 15 is 0 Å². The number of rotatable bonds is 4. The number of nitrogens with zero attached hydrogens (tertiary/aromatic N) is 1. The lowest BCUT2D eigenvalue weighted by Crippen LogP contribution is -2.11. The molecule has 0 saturated heterocycles. The Labute approximate surface area is 140 Å². The van der Waals surface area contributed by atoms with Gasteiger partial charge in [-0.25, -0.2) is 0 Å². The minimum atomic E-state index is -0.419. The number of carbonyl (C=O) groups excluding carboxylic acids is 2. The zero-order valence-corrected chi connectivity index (χ0v) is 15.8. The average Bonchev–Trinajstić information content (AvgIpc) is 2.50. The molecule has 0 atom stereocenters. The molecule has 0 unspecified atom stereocenters. The molecule has 0 spiro atoms. The molecular weight excluding hydrogens is 294 g/mol. The van der Waals surface area contributed by atoms with Crippen molar-refractivity contribution in [2.45, 2.75) is 74.8 Å². The van der Waals surface area contributed by atoms with Crippen LogP contribution in [0.15, 0.2) is 6.20 Å². The van der Waals surface area contributed by atoms with Gasteiger partial charge in [-0.15, -0.1) is 0 Å². The smallest absolute Gasteiger partial charge is 0.308 e. The maximum atomic E-state index is 11.1. The number of pyridine rings is 1. The van der Waals surface area contributed by atoms with Gasteiger partial charge in [-0.3, -0.25) is 14.6 Å². The molecule has 0 aromatic carbocycles. The number of ether oxygens (including phenoxy) is 2. The van der Waals surface area contributed by atoms with Gasteiger partial charge in [0.25, 0.3) is 0 Å². The van der Waals surface area contributed by atoms with Crippen LogP contribution in [-0.2, 0) is 27.4 Å². The normalized spacial score (nSPS) is 8.87. The summed E-state index contributed by atoms with van der Waals surface area (Å²) >= 11 is 0. The lowest BCUT2D eigenvalue weighted by molar-refractivity contribution is -0.142. The highest BCUT2D eigenvalue weighted by Gasteiger charge is 2.16. The van der Waals surface area contributed by atoms with Crippen LogP contribution in [0, 0.1) is 6.92 Å². The average molecular weight is 325 g/mol. The van der Waals surface area contributed by atoms with Crippen molar-refractivity contribution >= 4 is 11.9 Å². The van der Waals surface area contributed by atoms with Crippen LogP contribution in [-0.4, -0.2) is 16.9 Å². The largest absolute Gasteiger partial charge is 0.461 e. The number of hydrogen-bond donors (Lipinski definition) is 0. The Morgan fingerprint density at radius 1 is 1.09 bits per heavy atom. The maximum Gasteiger partial charge on any atom is 0.308 e. The molecule has 0 fully saturated rings. The van der Waals surface area contributed by atoms with Crippen LogP contribution in [0.25, 0.3) is 0 Å². The molecule has 1 aromatic rings. The molecule has 0 amide bonds. The van der Waals surface area contributed by atoms with Gasteiger partial charge in [0.1, 0.15) is 6.61 Å². The van der Waals surface area contributed by atoms with Crippen molar-refractivity contribution < 1.29 is 19.1 Å². The highest BCUT2D eigenvalue weighted by molar-refractivity contribution is 5.70. The monoisotopic (exact) mass is 325 g/mol. The molecule has 0 N–H and O–H groups in total. The summed E-state index contributed by atoms with van der Waals surface area (Å²) in [7, 11) is 0. The fourth-order valence-corrected chi connectivity index (χ4v) is 1.59. The summed E-state index contributed by atoms with van der Waals surface area (Å²) in [6.45, 7) is 14.7. The van der Waals surface area contributed by atoms with Crippen LogP contribution < -0.4 is 4.74 Å². The van der Waals surface area contributed by atoms with E-state index in [2.05, 4.69) is 18.8 Å². The van der Waals surface area contributed by atoms with Crippen molar-refractivity contribution in [1.82, 2.24) is 4.98 Å². The second kappa shape index (κ2) is 13.7. The van der Waals surface area contributed by atoms with Crippen LogP contribution >= 0.6 is 0 Å². The van der Waals surface area contributed by atoms with E-state index in [1.807, 2.05) is 20.8 Å². The van der Waals surface area contributed by atoms with E-state index < -0.39 is 5.97 Å². The van der Waals surface area contributed by atoms with Gasteiger partial charge < -0.3 is 9.47 Å². The molecule has 5 nitrogen and oxygen atoms in total. The summed E-state index contributed by atoms with van der Waals surface area (Å²) in [6.07, 6.45) is 3.68. The van der Waals surface area contributed by atoms with Gasteiger partial charge in [-0.1, -0.05) is 41.0 Å². The van der Waals surface area contributed by atoms with E-state index in [0.717, 1.165) is 12.0 Å². The third-order valence-corrected chi connectivity index (χ3v) is 2.45. The Balaban J connectivity index is 0. The first-order valence-corrected chi connectivity index (χ1v) is 8.16. The molecular formula is C18H31NO4. The minimum Gasteiger partial charge on any atom is -0.461 e. The van der Waals surface area contributed by atoms with Crippen LogP contribution in [0.3, 0.4) is 0 Å². The van der Waals surface area contributed by atoms with Crippen molar-refractivity contribution in [3.8, 4) is 5.75 Å².